The minimum Gasteiger partial charge on any atom is -0.490 e. The number of hydrogen-bond acceptors (Lipinski definition) is 5. The van der Waals surface area contributed by atoms with Crippen molar-refractivity contribution in [3.05, 3.63) is 103 Å². The third kappa shape index (κ3) is 5.95. The molecule has 1 N–H and O–H groups in total. The van der Waals surface area contributed by atoms with E-state index >= 15 is 0 Å². The van der Waals surface area contributed by atoms with Crippen molar-refractivity contribution in [2.45, 2.75) is 13.5 Å². The van der Waals surface area contributed by atoms with Gasteiger partial charge in [-0.2, -0.15) is 0 Å². The molecule has 186 valence electrons. The molecule has 0 saturated carbocycles. The Labute approximate surface area is 238 Å². The highest BCUT2D eigenvalue weighted by Crippen LogP contribution is 2.37. The van der Waals surface area contributed by atoms with E-state index in [2.05, 4.69) is 27.9 Å². The number of rotatable bonds is 7. The molecule has 1 heterocycles. The topological polar surface area (TPSA) is 59.9 Å². The monoisotopic (exact) mass is 640 g/mol. The Morgan fingerprint density at radius 2 is 1.81 bits per heavy atom. The number of fused-ring (bicyclic) bond motifs is 1. The fourth-order valence-electron chi connectivity index (χ4n) is 3.89. The molecule has 1 saturated heterocycles. The zero-order chi connectivity index (χ0) is 25.8. The lowest BCUT2D eigenvalue weighted by Gasteiger charge is -2.15. The van der Waals surface area contributed by atoms with Gasteiger partial charge in [-0.25, -0.2) is 4.99 Å². The summed E-state index contributed by atoms with van der Waals surface area (Å²) in [6.07, 6.45) is 1.84. The molecule has 0 aromatic heterocycles. The third-order valence-electron chi connectivity index (χ3n) is 5.60. The number of hydrogen-bond donors (Lipinski definition) is 1. The van der Waals surface area contributed by atoms with Gasteiger partial charge in [0.25, 0.3) is 5.91 Å². The van der Waals surface area contributed by atoms with Crippen LogP contribution in [0.5, 0.6) is 11.5 Å². The second kappa shape index (κ2) is 11.6. The second-order valence-electron chi connectivity index (χ2n) is 8.12. The summed E-state index contributed by atoms with van der Waals surface area (Å²) in [7, 11) is 0. The maximum Gasteiger partial charge on any atom is 0.264 e. The van der Waals surface area contributed by atoms with E-state index in [4.69, 9.17) is 26.1 Å². The van der Waals surface area contributed by atoms with E-state index in [0.717, 1.165) is 31.2 Å². The van der Waals surface area contributed by atoms with Gasteiger partial charge in [0.1, 0.15) is 6.61 Å². The van der Waals surface area contributed by atoms with Crippen LogP contribution in [0.1, 0.15) is 18.1 Å². The summed E-state index contributed by atoms with van der Waals surface area (Å²) < 4.78 is 12.9. The van der Waals surface area contributed by atoms with Crippen LogP contribution in [-0.2, 0) is 11.4 Å². The van der Waals surface area contributed by atoms with Crippen molar-refractivity contribution in [2.75, 3.05) is 6.61 Å². The molecular formula is C29H22ClIN2O3S. The summed E-state index contributed by atoms with van der Waals surface area (Å²) in [4.78, 5) is 18.0. The first kappa shape index (κ1) is 25.6. The van der Waals surface area contributed by atoms with Gasteiger partial charge in [0.15, 0.2) is 16.7 Å². The highest BCUT2D eigenvalue weighted by Gasteiger charge is 2.24. The molecule has 1 aliphatic heterocycles. The van der Waals surface area contributed by atoms with Gasteiger partial charge < -0.3 is 14.8 Å². The molecule has 37 heavy (non-hydrogen) atoms. The number of carbonyl (C=O) groups is 1. The number of benzene rings is 4. The molecule has 0 atom stereocenters. The van der Waals surface area contributed by atoms with E-state index < -0.39 is 0 Å². The highest BCUT2D eigenvalue weighted by atomic mass is 127. The average Bonchev–Trinajstić information content (AvgIpc) is 3.23. The van der Waals surface area contributed by atoms with Crippen LogP contribution in [0.25, 0.3) is 16.8 Å². The van der Waals surface area contributed by atoms with Gasteiger partial charge in [-0.1, -0.05) is 66.2 Å². The van der Waals surface area contributed by atoms with E-state index in [9.17, 15) is 4.79 Å². The molecule has 8 heteroatoms. The first-order valence-corrected chi connectivity index (χ1v) is 13.9. The Balaban J connectivity index is 1.40. The zero-order valence-electron chi connectivity index (χ0n) is 19.8. The zero-order valence-corrected chi connectivity index (χ0v) is 23.6. The largest absolute Gasteiger partial charge is 0.490 e. The number of amidine groups is 1. The Hall–Kier alpha value is -3.01. The fourth-order valence-corrected chi connectivity index (χ4v) is 5.69. The molecule has 1 fully saturated rings. The molecule has 5 rings (SSSR count). The highest BCUT2D eigenvalue weighted by molar-refractivity contribution is 14.1. The summed E-state index contributed by atoms with van der Waals surface area (Å²) in [6, 6.07) is 25.4. The van der Waals surface area contributed by atoms with E-state index in [1.165, 1.54) is 11.8 Å². The molecule has 0 bridgehead atoms. The van der Waals surface area contributed by atoms with Crippen LogP contribution in [0, 0.1) is 3.57 Å². The molecular weight excluding hydrogens is 619 g/mol. The van der Waals surface area contributed by atoms with E-state index in [-0.39, 0.29) is 5.91 Å². The summed E-state index contributed by atoms with van der Waals surface area (Å²) >= 11 is 9.83. The first-order valence-electron chi connectivity index (χ1n) is 11.6. The smallest absolute Gasteiger partial charge is 0.264 e. The van der Waals surface area contributed by atoms with Gasteiger partial charge >= 0.3 is 0 Å². The van der Waals surface area contributed by atoms with Crippen LogP contribution in [0.15, 0.2) is 88.8 Å². The summed E-state index contributed by atoms with van der Waals surface area (Å²) in [5, 5.41) is 6.22. The lowest BCUT2D eigenvalue weighted by Crippen LogP contribution is -2.19. The maximum absolute atomic E-state index is 12.7. The van der Waals surface area contributed by atoms with Gasteiger partial charge in [-0.05, 0) is 82.6 Å². The normalized spacial score (nSPS) is 15.4. The Bertz CT molecular complexity index is 1550. The van der Waals surface area contributed by atoms with Gasteiger partial charge in [0.2, 0.25) is 0 Å². The van der Waals surface area contributed by atoms with Crippen LogP contribution >= 0.6 is 46.0 Å². The third-order valence-corrected chi connectivity index (χ3v) is 7.68. The van der Waals surface area contributed by atoms with Crippen LogP contribution in [0.3, 0.4) is 0 Å². The minimum atomic E-state index is -0.184. The molecule has 5 nitrogen and oxygen atoms in total. The molecule has 1 aliphatic rings. The molecule has 0 aliphatic carbocycles. The Kier molecular flexibility index (Phi) is 8.02. The number of aliphatic imine (C=N–C) groups is 1. The molecule has 0 spiro atoms. The Morgan fingerprint density at radius 3 is 2.65 bits per heavy atom. The molecule has 1 amide bonds. The fraction of sp³-hybridized carbons (Fsp3) is 0.103. The van der Waals surface area contributed by atoms with E-state index in [0.29, 0.717) is 39.8 Å². The van der Waals surface area contributed by atoms with E-state index in [1.54, 1.807) is 0 Å². The lowest BCUT2D eigenvalue weighted by atomic mass is 10.1. The maximum atomic E-state index is 12.7. The van der Waals surface area contributed by atoms with Gasteiger partial charge in [-0.3, -0.25) is 4.79 Å². The van der Waals surface area contributed by atoms with Crippen LogP contribution in [-0.4, -0.2) is 17.7 Å². The van der Waals surface area contributed by atoms with E-state index in [1.807, 2.05) is 91.9 Å². The molecule has 4 aromatic rings. The van der Waals surface area contributed by atoms with Crippen LogP contribution in [0.2, 0.25) is 5.02 Å². The standard InChI is InChI=1S/C29H22ClIN2O3S/c1-2-35-25-15-18(14-23(31)27(25)36-17-20-9-4-6-12-22(20)30)16-26-28(34)33-29(37-26)32-24-13-7-10-19-8-3-5-11-21(19)24/h3-16H,2,17H2,1H3,(H,32,33,34)/b26-16+. The van der Waals surface area contributed by atoms with Crippen LogP contribution < -0.4 is 14.8 Å². The van der Waals surface area contributed by atoms with Crippen molar-refractivity contribution < 1.29 is 14.3 Å². The minimum absolute atomic E-state index is 0.184. The molecule has 4 aromatic carbocycles. The quantitative estimate of drug-likeness (QED) is 0.164. The number of nitrogens with one attached hydrogen (secondary N) is 1. The number of carbonyl (C=O) groups excluding carboxylic acids is 1. The first-order chi connectivity index (χ1) is 18.0. The van der Waals surface area contributed by atoms with Crippen molar-refractivity contribution in [2.24, 2.45) is 4.99 Å². The van der Waals surface area contributed by atoms with Crippen molar-refractivity contribution in [3.8, 4) is 11.5 Å². The lowest BCUT2D eigenvalue weighted by molar-refractivity contribution is -0.115. The van der Waals surface area contributed by atoms with Crippen molar-refractivity contribution >= 4 is 79.6 Å². The predicted octanol–water partition coefficient (Wildman–Crippen LogP) is 7.97. The van der Waals surface area contributed by atoms with Gasteiger partial charge in [0.05, 0.1) is 20.8 Å². The molecule has 0 radical (unpaired) electrons. The SMILES string of the molecule is CCOc1cc(/C=C2/SC(=Nc3cccc4ccccc34)NC2=O)cc(I)c1OCc1ccccc1Cl. The molecule has 0 unspecified atom stereocenters. The average molecular weight is 641 g/mol. The summed E-state index contributed by atoms with van der Waals surface area (Å²) in [5.74, 6) is 1.07. The van der Waals surface area contributed by atoms with Crippen molar-refractivity contribution in [1.82, 2.24) is 5.32 Å². The van der Waals surface area contributed by atoms with Crippen molar-refractivity contribution in [1.29, 1.82) is 0 Å². The summed E-state index contributed by atoms with van der Waals surface area (Å²) in [6.45, 7) is 2.73. The number of amides is 1. The van der Waals surface area contributed by atoms with Crippen LogP contribution in [0.4, 0.5) is 5.69 Å². The second-order valence-corrected chi connectivity index (χ2v) is 10.7. The number of halogens is 2. The summed E-state index contributed by atoms with van der Waals surface area (Å²) in [5.41, 5.74) is 2.54. The number of nitrogens with zero attached hydrogens (tertiary/aromatic N) is 1. The predicted molar refractivity (Wildman–Crippen MR) is 161 cm³/mol. The van der Waals surface area contributed by atoms with Crippen molar-refractivity contribution in [3.63, 3.8) is 0 Å². The van der Waals surface area contributed by atoms with Gasteiger partial charge in [0, 0.05) is 16.0 Å². The number of thioether (sulfide) groups is 1. The van der Waals surface area contributed by atoms with Gasteiger partial charge in [-0.15, -0.1) is 0 Å². The Morgan fingerprint density at radius 1 is 1.03 bits per heavy atom. The number of ether oxygens (including phenoxy) is 2.